The molecule has 1 N–H and O–H groups in total. The maximum atomic E-state index is 5.36. The second-order valence-electron chi connectivity index (χ2n) is 4.51. The van der Waals surface area contributed by atoms with Gasteiger partial charge in [-0.2, -0.15) is 0 Å². The van der Waals surface area contributed by atoms with Crippen LogP contribution in [-0.2, 0) is 11.3 Å². The van der Waals surface area contributed by atoms with Crippen LogP contribution in [-0.4, -0.2) is 26.9 Å². The normalized spacial score (nSPS) is 19.5. The number of hydrogen-bond donors (Lipinski definition) is 1. The van der Waals surface area contributed by atoms with Crippen molar-refractivity contribution in [3.8, 4) is 5.75 Å². The molecule has 2 rings (SSSR count). The van der Waals surface area contributed by atoms with E-state index in [0.29, 0.717) is 0 Å². The fourth-order valence-electron chi connectivity index (χ4n) is 2.19. The van der Waals surface area contributed by atoms with Crippen LogP contribution in [0.15, 0.2) is 24.3 Å². The monoisotopic (exact) mass is 235 g/mol. The molecule has 0 saturated carbocycles. The largest absolute Gasteiger partial charge is 0.496 e. The molecular weight excluding hydrogens is 214 g/mol. The molecule has 0 spiro atoms. The fraction of sp³-hybridized carbons (Fsp3) is 0.571. The van der Waals surface area contributed by atoms with Gasteiger partial charge in [0.15, 0.2) is 0 Å². The number of methoxy groups -OCH3 is 1. The van der Waals surface area contributed by atoms with E-state index >= 15 is 0 Å². The van der Waals surface area contributed by atoms with E-state index in [-0.39, 0.29) is 0 Å². The lowest BCUT2D eigenvalue weighted by atomic mass is 10.1. The van der Waals surface area contributed by atoms with Gasteiger partial charge in [-0.25, -0.2) is 0 Å². The summed E-state index contributed by atoms with van der Waals surface area (Å²) in [6.45, 7) is 3.80. The second-order valence-corrected chi connectivity index (χ2v) is 4.51. The molecule has 0 aromatic heterocycles. The van der Waals surface area contributed by atoms with E-state index < -0.39 is 0 Å². The van der Waals surface area contributed by atoms with Gasteiger partial charge in [-0.3, -0.25) is 0 Å². The highest BCUT2D eigenvalue weighted by Gasteiger charge is 2.14. The lowest BCUT2D eigenvalue weighted by molar-refractivity contribution is 0.184. The number of rotatable bonds is 6. The van der Waals surface area contributed by atoms with Gasteiger partial charge in [0, 0.05) is 25.3 Å². The minimum absolute atomic E-state index is 0.750. The van der Waals surface area contributed by atoms with E-state index in [1.165, 1.54) is 18.4 Å². The Hall–Kier alpha value is -1.06. The number of benzene rings is 1. The SMILES string of the molecule is COc1ccccc1CNCCC1CCOC1. The molecule has 1 saturated heterocycles. The molecule has 3 nitrogen and oxygen atoms in total. The summed E-state index contributed by atoms with van der Waals surface area (Å²) in [5, 5.41) is 3.47. The molecule has 17 heavy (non-hydrogen) atoms. The topological polar surface area (TPSA) is 30.5 Å². The molecule has 0 bridgehead atoms. The van der Waals surface area contributed by atoms with Gasteiger partial charge < -0.3 is 14.8 Å². The first-order chi connectivity index (χ1) is 8.40. The Labute approximate surface area is 103 Å². The number of hydrogen-bond acceptors (Lipinski definition) is 3. The Kier molecular flexibility index (Phi) is 4.83. The summed E-state index contributed by atoms with van der Waals surface area (Å²) in [5.41, 5.74) is 1.22. The van der Waals surface area contributed by atoms with Gasteiger partial charge in [-0.1, -0.05) is 18.2 Å². The summed E-state index contributed by atoms with van der Waals surface area (Å²) >= 11 is 0. The minimum Gasteiger partial charge on any atom is -0.496 e. The molecule has 1 heterocycles. The molecule has 1 atom stereocenters. The third-order valence-electron chi connectivity index (χ3n) is 3.26. The Bertz CT molecular complexity index is 335. The average Bonchev–Trinajstić information content (AvgIpc) is 2.88. The summed E-state index contributed by atoms with van der Waals surface area (Å²) in [6, 6.07) is 8.15. The van der Waals surface area contributed by atoms with Gasteiger partial charge >= 0.3 is 0 Å². The summed E-state index contributed by atoms with van der Waals surface area (Å²) in [6.07, 6.45) is 2.42. The van der Waals surface area contributed by atoms with Gasteiger partial charge in [-0.15, -0.1) is 0 Å². The van der Waals surface area contributed by atoms with E-state index in [9.17, 15) is 0 Å². The van der Waals surface area contributed by atoms with Crippen LogP contribution in [0.3, 0.4) is 0 Å². The van der Waals surface area contributed by atoms with E-state index in [1.807, 2.05) is 18.2 Å². The molecule has 0 radical (unpaired) electrons. The highest BCUT2D eigenvalue weighted by atomic mass is 16.5. The summed E-state index contributed by atoms with van der Waals surface area (Å²) in [4.78, 5) is 0. The fourth-order valence-corrected chi connectivity index (χ4v) is 2.19. The second kappa shape index (κ2) is 6.62. The molecule has 1 aliphatic rings. The molecule has 0 aliphatic carbocycles. The van der Waals surface area contributed by atoms with Crippen molar-refractivity contribution in [3.63, 3.8) is 0 Å². The van der Waals surface area contributed by atoms with E-state index in [0.717, 1.165) is 38.0 Å². The third kappa shape index (κ3) is 3.72. The van der Waals surface area contributed by atoms with Crippen molar-refractivity contribution in [2.24, 2.45) is 5.92 Å². The Morgan fingerprint density at radius 3 is 3.06 bits per heavy atom. The van der Waals surface area contributed by atoms with E-state index in [2.05, 4.69) is 11.4 Å². The van der Waals surface area contributed by atoms with Gasteiger partial charge in [0.2, 0.25) is 0 Å². The Morgan fingerprint density at radius 2 is 2.29 bits per heavy atom. The summed E-state index contributed by atoms with van der Waals surface area (Å²) < 4.78 is 10.7. The van der Waals surface area contributed by atoms with Gasteiger partial charge in [0.1, 0.15) is 5.75 Å². The third-order valence-corrected chi connectivity index (χ3v) is 3.26. The van der Waals surface area contributed by atoms with E-state index in [4.69, 9.17) is 9.47 Å². The molecule has 1 aliphatic heterocycles. The van der Waals surface area contributed by atoms with E-state index in [1.54, 1.807) is 7.11 Å². The lowest BCUT2D eigenvalue weighted by Gasteiger charge is -2.11. The van der Waals surface area contributed by atoms with Gasteiger partial charge in [0.05, 0.1) is 7.11 Å². The van der Waals surface area contributed by atoms with Crippen LogP contribution in [0.25, 0.3) is 0 Å². The first-order valence-electron chi connectivity index (χ1n) is 6.30. The maximum Gasteiger partial charge on any atom is 0.123 e. The number of nitrogens with one attached hydrogen (secondary N) is 1. The molecule has 3 heteroatoms. The van der Waals surface area contributed by atoms with Crippen molar-refractivity contribution in [2.45, 2.75) is 19.4 Å². The number of para-hydroxylation sites is 1. The summed E-state index contributed by atoms with van der Waals surface area (Å²) in [5.74, 6) is 1.71. The molecule has 0 amide bonds. The van der Waals surface area contributed by atoms with Crippen molar-refractivity contribution in [1.82, 2.24) is 5.32 Å². The van der Waals surface area contributed by atoms with Crippen LogP contribution in [0.5, 0.6) is 5.75 Å². The predicted molar refractivity (Wildman–Crippen MR) is 68.2 cm³/mol. The van der Waals surface area contributed by atoms with Crippen molar-refractivity contribution in [3.05, 3.63) is 29.8 Å². The van der Waals surface area contributed by atoms with Gasteiger partial charge in [0.25, 0.3) is 0 Å². The molecule has 1 fully saturated rings. The van der Waals surface area contributed by atoms with Crippen LogP contribution in [0, 0.1) is 5.92 Å². The highest BCUT2D eigenvalue weighted by Crippen LogP contribution is 2.18. The molecule has 1 aromatic carbocycles. The van der Waals surface area contributed by atoms with Crippen LogP contribution < -0.4 is 10.1 Å². The Morgan fingerprint density at radius 1 is 1.41 bits per heavy atom. The van der Waals surface area contributed by atoms with Crippen LogP contribution >= 0.6 is 0 Å². The lowest BCUT2D eigenvalue weighted by Crippen LogP contribution is -2.18. The van der Waals surface area contributed by atoms with Crippen molar-refractivity contribution >= 4 is 0 Å². The zero-order valence-electron chi connectivity index (χ0n) is 10.4. The molecular formula is C14H21NO2. The maximum absolute atomic E-state index is 5.36. The van der Waals surface area contributed by atoms with Crippen molar-refractivity contribution in [2.75, 3.05) is 26.9 Å². The van der Waals surface area contributed by atoms with Crippen LogP contribution in [0.1, 0.15) is 18.4 Å². The standard InChI is InChI=1S/C14H21NO2/c1-16-14-5-3-2-4-13(14)10-15-8-6-12-7-9-17-11-12/h2-5,12,15H,6-11H2,1H3. The number of ether oxygens (including phenoxy) is 2. The average molecular weight is 235 g/mol. The summed E-state index contributed by atoms with van der Waals surface area (Å²) in [7, 11) is 1.72. The highest BCUT2D eigenvalue weighted by molar-refractivity contribution is 5.32. The van der Waals surface area contributed by atoms with Crippen molar-refractivity contribution in [1.29, 1.82) is 0 Å². The molecule has 94 valence electrons. The Balaban J connectivity index is 1.70. The quantitative estimate of drug-likeness (QED) is 0.767. The smallest absolute Gasteiger partial charge is 0.123 e. The zero-order valence-corrected chi connectivity index (χ0v) is 10.4. The first-order valence-corrected chi connectivity index (χ1v) is 6.30. The minimum atomic E-state index is 0.750. The zero-order chi connectivity index (χ0) is 11.9. The predicted octanol–water partition coefficient (Wildman–Crippen LogP) is 2.21. The van der Waals surface area contributed by atoms with Gasteiger partial charge in [-0.05, 0) is 31.4 Å². The first kappa shape index (κ1) is 12.4. The molecule has 1 aromatic rings. The van der Waals surface area contributed by atoms with Crippen LogP contribution in [0.2, 0.25) is 0 Å². The molecule has 1 unspecified atom stereocenters. The van der Waals surface area contributed by atoms with Crippen LogP contribution in [0.4, 0.5) is 0 Å². The van der Waals surface area contributed by atoms with Crippen molar-refractivity contribution < 1.29 is 9.47 Å².